The number of aromatic nitrogens is 3. The average Bonchev–Trinajstić information content (AvgIpc) is 3.39. The number of hydrogen-bond acceptors (Lipinski definition) is 5. The predicted octanol–water partition coefficient (Wildman–Crippen LogP) is 4.75. The van der Waals surface area contributed by atoms with Crippen LogP contribution in [0.4, 0.5) is 0 Å². The Hall–Kier alpha value is -2.02. The maximum Gasteiger partial charge on any atom is 0.191 e. The SMILES string of the molecule is Clc1ccccc1OCCSc1nnc(CN2CCCC2)n1Cc1ccccc1. The zero-order valence-corrected chi connectivity index (χ0v) is 17.9. The van der Waals surface area contributed by atoms with E-state index in [-0.39, 0.29) is 0 Å². The first kappa shape index (κ1) is 20.3. The highest BCUT2D eigenvalue weighted by Gasteiger charge is 2.18. The zero-order valence-electron chi connectivity index (χ0n) is 16.3. The third kappa shape index (κ3) is 5.53. The van der Waals surface area contributed by atoms with Crippen molar-refractivity contribution in [1.82, 2.24) is 19.7 Å². The van der Waals surface area contributed by atoms with E-state index in [0.717, 1.165) is 48.7 Å². The summed E-state index contributed by atoms with van der Waals surface area (Å²) in [7, 11) is 0. The van der Waals surface area contributed by atoms with Crippen LogP contribution in [-0.2, 0) is 13.1 Å². The molecule has 2 heterocycles. The molecule has 5 nitrogen and oxygen atoms in total. The van der Waals surface area contributed by atoms with Gasteiger partial charge in [0.15, 0.2) is 5.16 Å². The normalized spacial score (nSPS) is 14.4. The number of thioether (sulfide) groups is 1. The van der Waals surface area contributed by atoms with Crippen molar-refractivity contribution in [2.45, 2.75) is 31.1 Å². The summed E-state index contributed by atoms with van der Waals surface area (Å²) >= 11 is 7.83. The summed E-state index contributed by atoms with van der Waals surface area (Å²) < 4.78 is 8.06. The molecular weight excluding hydrogens is 404 g/mol. The zero-order chi connectivity index (χ0) is 19.9. The molecule has 29 heavy (non-hydrogen) atoms. The molecule has 0 atom stereocenters. The fourth-order valence-electron chi connectivity index (χ4n) is 3.45. The van der Waals surface area contributed by atoms with Gasteiger partial charge in [0.25, 0.3) is 0 Å². The van der Waals surface area contributed by atoms with Gasteiger partial charge in [-0.3, -0.25) is 4.90 Å². The minimum absolute atomic E-state index is 0.564. The van der Waals surface area contributed by atoms with Crippen molar-refractivity contribution in [3.63, 3.8) is 0 Å². The van der Waals surface area contributed by atoms with Crippen molar-refractivity contribution in [3.8, 4) is 5.75 Å². The lowest BCUT2D eigenvalue weighted by atomic mass is 10.2. The highest BCUT2D eigenvalue weighted by Crippen LogP contribution is 2.24. The highest BCUT2D eigenvalue weighted by molar-refractivity contribution is 7.99. The summed E-state index contributed by atoms with van der Waals surface area (Å²) in [5, 5.41) is 10.6. The van der Waals surface area contributed by atoms with Crippen molar-refractivity contribution in [2.75, 3.05) is 25.4 Å². The Morgan fingerprint density at radius 2 is 1.69 bits per heavy atom. The molecule has 152 valence electrons. The van der Waals surface area contributed by atoms with Gasteiger partial charge >= 0.3 is 0 Å². The molecular formula is C22H25ClN4OS. The molecule has 7 heteroatoms. The van der Waals surface area contributed by atoms with E-state index in [1.165, 1.54) is 18.4 Å². The Kier molecular flexibility index (Phi) is 7.09. The third-order valence-electron chi connectivity index (χ3n) is 4.95. The molecule has 1 aliphatic rings. The monoisotopic (exact) mass is 428 g/mol. The fraction of sp³-hybridized carbons (Fsp3) is 0.364. The van der Waals surface area contributed by atoms with Gasteiger partial charge in [0, 0.05) is 5.75 Å². The van der Waals surface area contributed by atoms with E-state index in [2.05, 4.69) is 43.9 Å². The minimum Gasteiger partial charge on any atom is -0.491 e. The Morgan fingerprint density at radius 1 is 0.931 bits per heavy atom. The lowest BCUT2D eigenvalue weighted by molar-refractivity contribution is 0.316. The number of hydrogen-bond donors (Lipinski definition) is 0. The van der Waals surface area contributed by atoms with Crippen LogP contribution < -0.4 is 4.74 Å². The van der Waals surface area contributed by atoms with E-state index >= 15 is 0 Å². The first-order chi connectivity index (χ1) is 14.3. The summed E-state index contributed by atoms with van der Waals surface area (Å²) in [6.45, 7) is 4.49. The highest BCUT2D eigenvalue weighted by atomic mass is 35.5. The van der Waals surface area contributed by atoms with Gasteiger partial charge in [0.1, 0.15) is 11.6 Å². The first-order valence-corrected chi connectivity index (χ1v) is 11.3. The number of rotatable bonds is 9. The molecule has 0 unspecified atom stereocenters. The third-order valence-corrected chi connectivity index (χ3v) is 6.19. The molecule has 1 saturated heterocycles. The van der Waals surface area contributed by atoms with Crippen LogP contribution in [0.25, 0.3) is 0 Å². The molecule has 0 amide bonds. The van der Waals surface area contributed by atoms with Crippen LogP contribution in [0.15, 0.2) is 59.8 Å². The number of benzene rings is 2. The number of para-hydroxylation sites is 1. The van der Waals surface area contributed by atoms with E-state index in [0.29, 0.717) is 11.6 Å². The van der Waals surface area contributed by atoms with Gasteiger partial charge in [-0.15, -0.1) is 10.2 Å². The van der Waals surface area contributed by atoms with E-state index in [4.69, 9.17) is 16.3 Å². The second kappa shape index (κ2) is 10.1. The van der Waals surface area contributed by atoms with E-state index in [1.54, 1.807) is 11.8 Å². The largest absolute Gasteiger partial charge is 0.491 e. The molecule has 1 aromatic heterocycles. The fourth-order valence-corrected chi connectivity index (χ4v) is 4.42. The smallest absolute Gasteiger partial charge is 0.191 e. The predicted molar refractivity (Wildman–Crippen MR) is 118 cm³/mol. The van der Waals surface area contributed by atoms with E-state index in [9.17, 15) is 0 Å². The average molecular weight is 429 g/mol. The summed E-state index contributed by atoms with van der Waals surface area (Å²) in [4.78, 5) is 2.46. The van der Waals surface area contributed by atoms with Gasteiger partial charge < -0.3 is 9.30 Å². The molecule has 2 aromatic carbocycles. The molecule has 1 fully saturated rings. The topological polar surface area (TPSA) is 43.2 Å². The minimum atomic E-state index is 0.564. The number of halogens is 1. The summed E-state index contributed by atoms with van der Waals surface area (Å²) in [6.07, 6.45) is 2.54. The Morgan fingerprint density at radius 3 is 2.48 bits per heavy atom. The number of ether oxygens (including phenoxy) is 1. The molecule has 0 bridgehead atoms. The second-order valence-corrected chi connectivity index (χ2v) is 8.55. The van der Waals surface area contributed by atoms with Crippen molar-refractivity contribution in [2.24, 2.45) is 0 Å². The molecule has 0 aliphatic carbocycles. The maximum atomic E-state index is 6.16. The first-order valence-electron chi connectivity index (χ1n) is 9.98. The van der Waals surface area contributed by atoms with Crippen LogP contribution in [0.5, 0.6) is 5.75 Å². The van der Waals surface area contributed by atoms with Crippen LogP contribution in [0, 0.1) is 0 Å². The molecule has 4 rings (SSSR count). The van der Waals surface area contributed by atoms with Gasteiger partial charge in [-0.1, -0.05) is 65.8 Å². The van der Waals surface area contributed by atoms with Crippen LogP contribution >= 0.6 is 23.4 Å². The van der Waals surface area contributed by atoms with E-state index in [1.807, 2.05) is 30.3 Å². The summed E-state index contributed by atoms with van der Waals surface area (Å²) in [6, 6.07) is 18.0. The van der Waals surface area contributed by atoms with Crippen LogP contribution in [0.3, 0.4) is 0 Å². The molecule has 0 N–H and O–H groups in total. The Balaban J connectivity index is 1.42. The number of likely N-dealkylation sites (tertiary alicyclic amines) is 1. The lowest BCUT2D eigenvalue weighted by Crippen LogP contribution is -2.21. The summed E-state index contributed by atoms with van der Waals surface area (Å²) in [5.74, 6) is 2.53. The van der Waals surface area contributed by atoms with Crippen LogP contribution in [0.1, 0.15) is 24.2 Å². The summed E-state index contributed by atoms with van der Waals surface area (Å²) in [5.41, 5.74) is 1.25. The second-order valence-electron chi connectivity index (χ2n) is 7.08. The van der Waals surface area contributed by atoms with Gasteiger partial charge in [0.2, 0.25) is 0 Å². The van der Waals surface area contributed by atoms with Gasteiger partial charge in [-0.25, -0.2) is 0 Å². The van der Waals surface area contributed by atoms with Crippen molar-refractivity contribution in [3.05, 3.63) is 71.0 Å². The molecule has 3 aromatic rings. The maximum absolute atomic E-state index is 6.16. The van der Waals surface area contributed by atoms with Gasteiger partial charge in [0.05, 0.1) is 24.7 Å². The van der Waals surface area contributed by atoms with Crippen molar-refractivity contribution < 1.29 is 4.74 Å². The van der Waals surface area contributed by atoms with Crippen LogP contribution in [-0.4, -0.2) is 45.1 Å². The molecule has 0 radical (unpaired) electrons. The van der Waals surface area contributed by atoms with Gasteiger partial charge in [-0.05, 0) is 43.6 Å². The quantitative estimate of drug-likeness (QED) is 0.363. The number of nitrogens with zero attached hydrogens (tertiary/aromatic N) is 4. The molecule has 0 saturated carbocycles. The van der Waals surface area contributed by atoms with Crippen molar-refractivity contribution in [1.29, 1.82) is 0 Å². The van der Waals surface area contributed by atoms with Crippen LogP contribution in [0.2, 0.25) is 5.02 Å². The lowest BCUT2D eigenvalue weighted by Gasteiger charge is -2.16. The van der Waals surface area contributed by atoms with E-state index < -0.39 is 0 Å². The Bertz CT molecular complexity index is 912. The standard InChI is InChI=1S/C22H25ClN4OS/c23-19-10-4-5-11-20(19)28-14-15-29-22-25-24-21(17-26-12-6-7-13-26)27(22)16-18-8-2-1-3-9-18/h1-5,8-11H,6-7,12-17H2. The van der Waals surface area contributed by atoms with Crippen molar-refractivity contribution >= 4 is 23.4 Å². The molecule has 0 spiro atoms. The van der Waals surface area contributed by atoms with Gasteiger partial charge in [-0.2, -0.15) is 0 Å². The Labute approximate surface area is 181 Å². The molecule has 1 aliphatic heterocycles.